The van der Waals surface area contributed by atoms with E-state index in [4.69, 9.17) is 5.11 Å². The second kappa shape index (κ2) is 21.0. The molecule has 26 heteroatoms. The molecule has 6 rings (SSSR count). The highest BCUT2D eigenvalue weighted by Crippen LogP contribution is 2.21. The van der Waals surface area contributed by atoms with Crippen LogP contribution in [0, 0.1) is 0 Å². The van der Waals surface area contributed by atoms with Crippen LogP contribution in [0.4, 0.5) is 34.3 Å². The Balaban J connectivity index is 0.954. The van der Waals surface area contributed by atoms with E-state index in [9.17, 15) is 43.2 Å². The first-order chi connectivity index (χ1) is 32.6. The normalized spacial score (nSPS) is 10.8. The molecule has 6 aromatic rings. The predicted octanol–water partition coefficient (Wildman–Crippen LogP) is 1.55. The number of imidazole rings is 1. The van der Waals surface area contributed by atoms with Gasteiger partial charge in [0, 0.05) is 106 Å². The molecule has 10 N–H and O–H groups in total. The lowest BCUT2D eigenvalue weighted by atomic mass is 10.3. The number of aryl methyl sites for hydroxylation is 6. The number of rotatable bonds is 19. The van der Waals surface area contributed by atoms with E-state index < -0.39 is 47.3 Å². The minimum Gasteiger partial charge on any atom is -0.481 e. The maximum Gasteiger partial charge on any atom is 0.304 e. The van der Waals surface area contributed by atoms with Crippen LogP contribution >= 0.6 is 0 Å². The quantitative estimate of drug-likeness (QED) is 0.0409. The first kappa shape index (κ1) is 49.2. The number of carbonyl (C=O) groups excluding carboxylic acids is 8. The number of amides is 8. The number of carbonyl (C=O) groups is 9. The Hall–Kier alpha value is -9.20. The van der Waals surface area contributed by atoms with E-state index in [1.54, 1.807) is 42.3 Å². The highest BCUT2D eigenvalue weighted by atomic mass is 16.4. The summed E-state index contributed by atoms with van der Waals surface area (Å²) in [5, 5.41) is 27.5. The number of hydrogen-bond donors (Lipinski definition) is 10. The summed E-state index contributed by atoms with van der Waals surface area (Å²) in [7, 11) is 9.65. The Kier molecular flexibility index (Phi) is 15.0. The third-order valence-electron chi connectivity index (χ3n) is 10.2. The van der Waals surface area contributed by atoms with Crippen molar-refractivity contribution >= 4 is 87.5 Å². The molecule has 0 spiro atoms. The van der Waals surface area contributed by atoms with Crippen LogP contribution in [0.2, 0.25) is 0 Å². The Morgan fingerprint density at radius 3 is 1.28 bits per heavy atom. The zero-order chi connectivity index (χ0) is 50.3. The van der Waals surface area contributed by atoms with Gasteiger partial charge in [0.15, 0.2) is 5.82 Å². The van der Waals surface area contributed by atoms with Crippen molar-refractivity contribution in [3.8, 4) is 0 Å². The number of carboxylic acids is 1. The fourth-order valence-electron chi connectivity index (χ4n) is 6.96. The van der Waals surface area contributed by atoms with Crippen LogP contribution in [0.3, 0.4) is 0 Å². The molecular formula is C43H50N16O10. The van der Waals surface area contributed by atoms with Gasteiger partial charge in [-0.2, -0.15) is 0 Å². The molecule has 69 heavy (non-hydrogen) atoms. The van der Waals surface area contributed by atoms with E-state index in [2.05, 4.69) is 53.1 Å². The standard InChI is InChI=1S/C43H50N16O10/c1-23(60)46-34-22-59(7)37(52-34)43(69)51-28-15-32(57(5)21-28)41(67)48-25-13-29(54(2)18-25)38(64)44-10-8-35(61)47-24-12-30(55(3)17-24)39(65)49-26-14-31(56(4)19-26)40(66)50-27-16-33(58(6)20-27)42(68)53-45-11-9-36(62)63/h12-22,45H,8-11H2,1-7H3,(H,44,64)(H,46,60)(H,47,61)(H,48,67)(H,49,65)(H,50,66)(H,51,69)(H,53,68)(H,62,63). The molecule has 0 atom stereocenters. The predicted molar refractivity (Wildman–Crippen MR) is 250 cm³/mol. The Labute approximate surface area is 392 Å². The molecule has 6 heterocycles. The first-order valence-corrected chi connectivity index (χ1v) is 20.9. The molecule has 0 saturated carbocycles. The number of nitrogens with zero attached hydrogens (tertiary/aromatic N) is 7. The van der Waals surface area contributed by atoms with Crippen LogP contribution in [-0.2, 0) is 56.7 Å². The van der Waals surface area contributed by atoms with Gasteiger partial charge in [-0.3, -0.25) is 48.6 Å². The summed E-state index contributed by atoms with van der Waals surface area (Å²) in [6.45, 7) is 1.30. The number of hydrogen-bond acceptors (Lipinski definition) is 11. The minimum atomic E-state index is -1.02. The molecular weight excluding hydrogens is 901 g/mol. The fourth-order valence-corrected chi connectivity index (χ4v) is 6.96. The zero-order valence-corrected chi connectivity index (χ0v) is 38.4. The van der Waals surface area contributed by atoms with E-state index in [-0.39, 0.29) is 72.0 Å². The minimum absolute atomic E-state index is 0.0192. The van der Waals surface area contributed by atoms with Gasteiger partial charge in [-0.1, -0.05) is 0 Å². The highest BCUT2D eigenvalue weighted by Gasteiger charge is 2.22. The molecule has 0 fully saturated rings. The molecule has 0 aliphatic carbocycles. The lowest BCUT2D eigenvalue weighted by molar-refractivity contribution is -0.137. The monoisotopic (exact) mass is 950 g/mol. The Bertz CT molecular complexity index is 3010. The third-order valence-corrected chi connectivity index (χ3v) is 10.2. The molecule has 0 saturated heterocycles. The van der Waals surface area contributed by atoms with Gasteiger partial charge in [0.05, 0.1) is 34.9 Å². The van der Waals surface area contributed by atoms with Gasteiger partial charge in [-0.05, 0) is 30.3 Å². The van der Waals surface area contributed by atoms with Crippen molar-refractivity contribution in [3.63, 3.8) is 0 Å². The van der Waals surface area contributed by atoms with Gasteiger partial charge in [0.25, 0.3) is 35.4 Å². The van der Waals surface area contributed by atoms with E-state index in [0.29, 0.717) is 28.4 Å². The maximum atomic E-state index is 13.3. The second-order valence-corrected chi connectivity index (χ2v) is 15.8. The topological polar surface area (TPSA) is 325 Å². The number of anilines is 6. The molecule has 8 amide bonds. The summed E-state index contributed by atoms with van der Waals surface area (Å²) in [6, 6.07) is 7.31. The average Bonchev–Trinajstić information content (AvgIpc) is 4.12. The van der Waals surface area contributed by atoms with E-state index in [1.807, 2.05) is 0 Å². The summed E-state index contributed by atoms with van der Waals surface area (Å²) in [6.07, 6.45) is 8.86. The molecule has 362 valence electrons. The van der Waals surface area contributed by atoms with Crippen LogP contribution in [0.15, 0.2) is 67.5 Å². The van der Waals surface area contributed by atoms with E-state index in [1.165, 1.54) is 102 Å². The lowest BCUT2D eigenvalue weighted by Gasteiger charge is -2.06. The number of aliphatic carboxylic acids is 1. The van der Waals surface area contributed by atoms with E-state index in [0.717, 1.165) is 0 Å². The number of nitrogens with one attached hydrogen (secondary N) is 9. The van der Waals surface area contributed by atoms with Crippen LogP contribution in [-0.4, -0.2) is 104 Å². The highest BCUT2D eigenvalue weighted by molar-refractivity contribution is 6.09. The largest absolute Gasteiger partial charge is 0.481 e. The van der Waals surface area contributed by atoms with Crippen LogP contribution in [0.5, 0.6) is 0 Å². The van der Waals surface area contributed by atoms with Crippen LogP contribution in [0.25, 0.3) is 0 Å². The average molecular weight is 951 g/mol. The third kappa shape index (κ3) is 12.4. The van der Waals surface area contributed by atoms with Crippen molar-refractivity contribution in [2.24, 2.45) is 42.3 Å². The molecule has 26 nitrogen and oxygen atoms in total. The summed E-state index contributed by atoms with van der Waals surface area (Å²) < 4.78 is 8.95. The maximum absolute atomic E-state index is 13.3. The van der Waals surface area contributed by atoms with E-state index >= 15 is 0 Å². The molecule has 0 aromatic carbocycles. The SMILES string of the molecule is CC(=O)Nc1cn(C)c(C(=O)Nc2cc(C(=O)Nc3cc(C(=O)NCCC(=O)Nc4cc(C(=O)Nc5cc(C(=O)Nc6cc(C(=O)NNCCC(=O)O)n(C)c6)n(C)c5)n(C)c4)n(C)c3)n(C)c2)n1. The molecule has 6 aromatic heterocycles. The first-order valence-electron chi connectivity index (χ1n) is 20.9. The lowest BCUT2D eigenvalue weighted by Crippen LogP contribution is -2.39. The molecule has 0 aliphatic heterocycles. The smallest absolute Gasteiger partial charge is 0.304 e. The van der Waals surface area contributed by atoms with Gasteiger partial charge >= 0.3 is 5.97 Å². The molecule has 0 bridgehead atoms. The number of aromatic nitrogens is 7. The van der Waals surface area contributed by atoms with Crippen LogP contribution in [0.1, 0.15) is 82.8 Å². The number of hydrazine groups is 1. The van der Waals surface area contributed by atoms with Crippen molar-refractivity contribution in [2.45, 2.75) is 19.8 Å². The van der Waals surface area contributed by atoms with Gasteiger partial charge in [0.2, 0.25) is 17.6 Å². The molecule has 0 radical (unpaired) electrons. The zero-order valence-electron chi connectivity index (χ0n) is 38.4. The summed E-state index contributed by atoms with van der Waals surface area (Å²) >= 11 is 0. The van der Waals surface area contributed by atoms with Crippen molar-refractivity contribution in [3.05, 3.63) is 102 Å². The van der Waals surface area contributed by atoms with Crippen molar-refractivity contribution in [1.29, 1.82) is 0 Å². The van der Waals surface area contributed by atoms with Crippen molar-refractivity contribution in [1.82, 2.24) is 48.6 Å². The summed E-state index contributed by atoms with van der Waals surface area (Å²) in [5.41, 5.74) is 7.45. The molecule has 0 unspecified atom stereocenters. The second-order valence-electron chi connectivity index (χ2n) is 15.8. The Morgan fingerprint density at radius 2 is 0.855 bits per heavy atom. The summed E-state index contributed by atoms with van der Waals surface area (Å²) in [5.74, 6) is -4.76. The van der Waals surface area contributed by atoms with Crippen molar-refractivity contribution in [2.75, 3.05) is 45.0 Å². The Morgan fingerprint density at radius 1 is 0.464 bits per heavy atom. The summed E-state index contributed by atoms with van der Waals surface area (Å²) in [4.78, 5) is 117. The number of carboxylic acid groups (broad SMARTS) is 1. The van der Waals surface area contributed by atoms with Gasteiger partial charge in [0.1, 0.15) is 28.5 Å². The van der Waals surface area contributed by atoms with Gasteiger partial charge < -0.3 is 69.7 Å². The van der Waals surface area contributed by atoms with Crippen molar-refractivity contribution < 1.29 is 48.3 Å². The van der Waals surface area contributed by atoms with Gasteiger partial charge in [-0.25, -0.2) is 10.4 Å². The van der Waals surface area contributed by atoms with Crippen LogP contribution < -0.4 is 48.1 Å². The van der Waals surface area contributed by atoms with Gasteiger partial charge in [-0.15, -0.1) is 0 Å². The molecule has 0 aliphatic rings. The fraction of sp³-hybridized carbons (Fsp3) is 0.256.